The molecule has 0 aliphatic heterocycles. The molecule has 0 aliphatic carbocycles. The van der Waals surface area contributed by atoms with E-state index in [2.05, 4.69) is 42.2 Å². The molecule has 2 atom stereocenters. The molecule has 4 nitrogen and oxygen atoms in total. The second kappa shape index (κ2) is 5.97. The zero-order chi connectivity index (χ0) is 13.8. The standard InChI is InChI=1S/C15H21N3O/c1-10-5-4-6-13(7-10)9-15-18-17-14(19-15)8-11(2)12(3)16/h4-7,11-12H,8-9,16H2,1-3H3. The summed E-state index contributed by atoms with van der Waals surface area (Å²) in [5.74, 6) is 1.68. The van der Waals surface area contributed by atoms with Gasteiger partial charge in [-0.25, -0.2) is 0 Å². The summed E-state index contributed by atoms with van der Waals surface area (Å²) in [5.41, 5.74) is 8.27. The van der Waals surface area contributed by atoms with Crippen LogP contribution >= 0.6 is 0 Å². The van der Waals surface area contributed by atoms with Crippen LogP contribution in [0.5, 0.6) is 0 Å². The Kier molecular flexibility index (Phi) is 4.32. The van der Waals surface area contributed by atoms with Crippen LogP contribution in [0.3, 0.4) is 0 Å². The van der Waals surface area contributed by atoms with Crippen molar-refractivity contribution in [1.82, 2.24) is 10.2 Å². The molecule has 4 heteroatoms. The molecule has 19 heavy (non-hydrogen) atoms. The average molecular weight is 259 g/mol. The number of aryl methyl sites for hydroxylation is 1. The molecule has 0 fully saturated rings. The predicted octanol–water partition coefficient (Wildman–Crippen LogP) is 2.49. The van der Waals surface area contributed by atoms with Gasteiger partial charge in [-0.1, -0.05) is 36.8 Å². The van der Waals surface area contributed by atoms with Crippen LogP contribution in [-0.4, -0.2) is 16.2 Å². The maximum atomic E-state index is 5.84. The van der Waals surface area contributed by atoms with Crippen LogP contribution in [0, 0.1) is 12.8 Å². The molecule has 1 heterocycles. The average Bonchev–Trinajstić information content (AvgIpc) is 2.76. The Balaban J connectivity index is 2.01. The van der Waals surface area contributed by atoms with Crippen molar-refractivity contribution in [1.29, 1.82) is 0 Å². The smallest absolute Gasteiger partial charge is 0.220 e. The molecule has 2 N–H and O–H groups in total. The highest BCUT2D eigenvalue weighted by Gasteiger charge is 2.13. The van der Waals surface area contributed by atoms with Gasteiger partial charge in [-0.15, -0.1) is 10.2 Å². The Hall–Kier alpha value is -1.68. The molecule has 0 amide bonds. The van der Waals surface area contributed by atoms with Crippen LogP contribution in [-0.2, 0) is 12.8 Å². The molecule has 0 saturated carbocycles. The molecular formula is C15H21N3O. The van der Waals surface area contributed by atoms with E-state index in [9.17, 15) is 0 Å². The first kappa shape index (κ1) is 13.7. The van der Waals surface area contributed by atoms with Gasteiger partial charge in [0, 0.05) is 12.5 Å². The van der Waals surface area contributed by atoms with Crippen LogP contribution in [0.25, 0.3) is 0 Å². The quantitative estimate of drug-likeness (QED) is 0.896. The Bertz CT molecular complexity index is 534. The maximum Gasteiger partial charge on any atom is 0.220 e. The summed E-state index contributed by atoms with van der Waals surface area (Å²) >= 11 is 0. The van der Waals surface area contributed by atoms with Crippen molar-refractivity contribution < 1.29 is 4.42 Å². The minimum atomic E-state index is 0.132. The monoisotopic (exact) mass is 259 g/mol. The zero-order valence-electron chi connectivity index (χ0n) is 11.8. The van der Waals surface area contributed by atoms with E-state index >= 15 is 0 Å². The van der Waals surface area contributed by atoms with Gasteiger partial charge in [0.25, 0.3) is 0 Å². The van der Waals surface area contributed by atoms with Crippen LogP contribution in [0.15, 0.2) is 28.7 Å². The summed E-state index contributed by atoms with van der Waals surface area (Å²) in [4.78, 5) is 0. The first-order valence-electron chi connectivity index (χ1n) is 6.67. The van der Waals surface area contributed by atoms with Crippen LogP contribution in [0.2, 0.25) is 0 Å². The molecule has 2 unspecified atom stereocenters. The lowest BCUT2D eigenvalue weighted by atomic mass is 10.0. The zero-order valence-corrected chi connectivity index (χ0v) is 11.8. The Morgan fingerprint density at radius 2 is 1.95 bits per heavy atom. The third kappa shape index (κ3) is 3.89. The van der Waals surface area contributed by atoms with E-state index in [0.717, 1.165) is 6.42 Å². The Morgan fingerprint density at radius 3 is 2.63 bits per heavy atom. The van der Waals surface area contributed by atoms with E-state index in [1.807, 2.05) is 13.0 Å². The van der Waals surface area contributed by atoms with Crippen molar-refractivity contribution in [3.05, 3.63) is 47.2 Å². The largest absolute Gasteiger partial charge is 0.425 e. The second-order valence-corrected chi connectivity index (χ2v) is 5.30. The van der Waals surface area contributed by atoms with Crippen molar-refractivity contribution in [3.8, 4) is 0 Å². The molecule has 0 radical (unpaired) electrons. The molecule has 0 bridgehead atoms. The van der Waals surface area contributed by atoms with Crippen molar-refractivity contribution in [3.63, 3.8) is 0 Å². The molecular weight excluding hydrogens is 238 g/mol. The molecule has 2 aromatic rings. The summed E-state index contributed by atoms with van der Waals surface area (Å²) in [7, 11) is 0. The van der Waals surface area contributed by atoms with Gasteiger partial charge in [0.1, 0.15) is 0 Å². The minimum absolute atomic E-state index is 0.132. The van der Waals surface area contributed by atoms with E-state index in [-0.39, 0.29) is 6.04 Å². The normalized spacial score (nSPS) is 14.3. The van der Waals surface area contributed by atoms with Gasteiger partial charge in [-0.05, 0) is 25.3 Å². The minimum Gasteiger partial charge on any atom is -0.425 e. The fourth-order valence-electron chi connectivity index (χ4n) is 1.90. The summed E-state index contributed by atoms with van der Waals surface area (Å²) in [6.07, 6.45) is 1.42. The number of hydrogen-bond acceptors (Lipinski definition) is 4. The van der Waals surface area contributed by atoms with E-state index in [0.29, 0.717) is 24.1 Å². The van der Waals surface area contributed by atoms with E-state index in [1.54, 1.807) is 0 Å². The lowest BCUT2D eigenvalue weighted by molar-refractivity contribution is 0.394. The highest BCUT2D eigenvalue weighted by atomic mass is 16.4. The van der Waals surface area contributed by atoms with Crippen molar-refractivity contribution in [2.45, 2.75) is 39.7 Å². The SMILES string of the molecule is Cc1cccc(Cc2nnc(CC(C)C(C)N)o2)c1. The van der Waals surface area contributed by atoms with Crippen LogP contribution in [0.4, 0.5) is 0 Å². The third-order valence-electron chi connectivity index (χ3n) is 3.34. The van der Waals surface area contributed by atoms with Gasteiger partial charge in [0.2, 0.25) is 11.8 Å². The first-order chi connectivity index (χ1) is 9.04. The van der Waals surface area contributed by atoms with Gasteiger partial charge >= 0.3 is 0 Å². The van der Waals surface area contributed by atoms with E-state index < -0.39 is 0 Å². The van der Waals surface area contributed by atoms with Gasteiger partial charge < -0.3 is 10.2 Å². The Labute approximate surface area is 114 Å². The fourth-order valence-corrected chi connectivity index (χ4v) is 1.90. The number of hydrogen-bond donors (Lipinski definition) is 1. The lowest BCUT2D eigenvalue weighted by Crippen LogP contribution is -2.25. The lowest BCUT2D eigenvalue weighted by Gasteiger charge is -2.12. The highest BCUT2D eigenvalue weighted by molar-refractivity contribution is 5.24. The number of aromatic nitrogens is 2. The van der Waals surface area contributed by atoms with Gasteiger partial charge in [0.05, 0.1) is 6.42 Å². The van der Waals surface area contributed by atoms with Gasteiger partial charge in [-0.2, -0.15) is 0 Å². The number of benzene rings is 1. The summed E-state index contributed by atoms with van der Waals surface area (Å²) in [5, 5.41) is 8.18. The van der Waals surface area contributed by atoms with Crippen molar-refractivity contribution in [2.24, 2.45) is 11.7 Å². The Morgan fingerprint density at radius 1 is 1.21 bits per heavy atom. The molecule has 1 aromatic carbocycles. The first-order valence-corrected chi connectivity index (χ1v) is 6.67. The maximum absolute atomic E-state index is 5.84. The second-order valence-electron chi connectivity index (χ2n) is 5.30. The third-order valence-corrected chi connectivity index (χ3v) is 3.34. The summed E-state index contributed by atoms with van der Waals surface area (Å²) < 4.78 is 5.67. The molecule has 2 rings (SSSR count). The van der Waals surface area contributed by atoms with Crippen molar-refractivity contribution >= 4 is 0 Å². The van der Waals surface area contributed by atoms with Gasteiger partial charge in [0.15, 0.2) is 0 Å². The van der Waals surface area contributed by atoms with Crippen molar-refractivity contribution in [2.75, 3.05) is 0 Å². The van der Waals surface area contributed by atoms with E-state index in [1.165, 1.54) is 11.1 Å². The predicted molar refractivity (Wildman–Crippen MR) is 74.8 cm³/mol. The van der Waals surface area contributed by atoms with Crippen LogP contribution in [0.1, 0.15) is 36.8 Å². The molecule has 102 valence electrons. The molecule has 0 spiro atoms. The van der Waals surface area contributed by atoms with Gasteiger partial charge in [-0.3, -0.25) is 0 Å². The fraction of sp³-hybridized carbons (Fsp3) is 0.467. The molecule has 0 saturated heterocycles. The number of nitrogens with zero attached hydrogens (tertiary/aromatic N) is 2. The molecule has 1 aromatic heterocycles. The topological polar surface area (TPSA) is 64.9 Å². The number of rotatable bonds is 5. The van der Waals surface area contributed by atoms with Crippen LogP contribution < -0.4 is 5.73 Å². The number of nitrogens with two attached hydrogens (primary N) is 1. The molecule has 0 aliphatic rings. The van der Waals surface area contributed by atoms with E-state index in [4.69, 9.17) is 10.2 Å². The summed E-state index contributed by atoms with van der Waals surface area (Å²) in [6, 6.07) is 8.45. The summed E-state index contributed by atoms with van der Waals surface area (Å²) in [6.45, 7) is 6.16. The highest BCUT2D eigenvalue weighted by Crippen LogP contribution is 2.13.